The molecule has 0 bridgehead atoms. The van der Waals surface area contributed by atoms with Crippen LogP contribution in [0.5, 0.6) is 0 Å². The predicted octanol–water partition coefficient (Wildman–Crippen LogP) is 1.69. The van der Waals surface area contributed by atoms with Crippen LogP contribution in [0.25, 0.3) is 0 Å². The van der Waals surface area contributed by atoms with Gasteiger partial charge in [0.05, 0.1) is 5.56 Å². The maximum Gasteiger partial charge on any atom is 0.258 e. The van der Waals surface area contributed by atoms with Crippen molar-refractivity contribution in [2.75, 3.05) is 11.9 Å². The fourth-order valence-corrected chi connectivity index (χ4v) is 1.87. The van der Waals surface area contributed by atoms with Crippen LogP contribution in [0.4, 0.5) is 5.82 Å². The molecule has 0 unspecified atom stereocenters. The molecule has 106 valence electrons. The van der Waals surface area contributed by atoms with E-state index in [2.05, 4.69) is 27.1 Å². The number of hydrogen-bond donors (Lipinski definition) is 2. The highest BCUT2D eigenvalue weighted by Crippen LogP contribution is 2.11. The first-order valence-electron chi connectivity index (χ1n) is 6.40. The molecule has 0 spiro atoms. The van der Waals surface area contributed by atoms with Crippen LogP contribution in [0.3, 0.4) is 0 Å². The summed E-state index contributed by atoms with van der Waals surface area (Å²) in [4.78, 5) is 20.4. The Morgan fingerprint density at radius 3 is 2.81 bits per heavy atom. The van der Waals surface area contributed by atoms with Crippen LogP contribution in [0.1, 0.15) is 27.2 Å². The van der Waals surface area contributed by atoms with Gasteiger partial charge in [0.25, 0.3) is 5.91 Å². The van der Waals surface area contributed by atoms with E-state index in [-0.39, 0.29) is 12.5 Å². The van der Waals surface area contributed by atoms with E-state index < -0.39 is 0 Å². The Balaban J connectivity index is 2.20. The van der Waals surface area contributed by atoms with Gasteiger partial charge >= 0.3 is 0 Å². The van der Waals surface area contributed by atoms with Crippen molar-refractivity contribution in [2.24, 2.45) is 0 Å². The molecule has 21 heavy (non-hydrogen) atoms. The Bertz CT molecular complexity index is 710. The number of aromatic nitrogens is 2. The summed E-state index contributed by atoms with van der Waals surface area (Å²) in [7, 11) is 0. The summed E-state index contributed by atoms with van der Waals surface area (Å²) in [6, 6.07) is 5.35. The monoisotopic (exact) mass is 281 g/mol. The number of aliphatic hydroxyl groups is 1. The molecule has 5 heteroatoms. The maximum atomic E-state index is 12.2. The Morgan fingerprint density at radius 2 is 2.10 bits per heavy atom. The summed E-state index contributed by atoms with van der Waals surface area (Å²) >= 11 is 0. The molecule has 5 nitrogen and oxygen atoms in total. The van der Waals surface area contributed by atoms with Crippen LogP contribution >= 0.6 is 0 Å². The number of rotatable bonds is 2. The van der Waals surface area contributed by atoms with Gasteiger partial charge in [-0.05, 0) is 37.6 Å². The van der Waals surface area contributed by atoms with Crippen molar-refractivity contribution in [1.29, 1.82) is 0 Å². The minimum absolute atomic E-state index is 0.233. The van der Waals surface area contributed by atoms with Crippen molar-refractivity contribution in [3.8, 4) is 11.8 Å². The summed E-state index contributed by atoms with van der Waals surface area (Å²) in [5.41, 5.74) is 2.83. The molecule has 0 aromatic carbocycles. The number of amides is 1. The lowest BCUT2D eigenvalue weighted by atomic mass is 10.2. The highest BCUT2D eigenvalue weighted by Gasteiger charge is 2.08. The minimum atomic E-state index is -0.298. The molecule has 2 rings (SSSR count). The smallest absolute Gasteiger partial charge is 0.258 e. The molecule has 2 heterocycles. The normalized spacial score (nSPS) is 9.67. The number of nitrogens with zero attached hydrogens (tertiary/aromatic N) is 2. The number of pyridine rings is 2. The zero-order valence-electron chi connectivity index (χ0n) is 11.8. The molecular formula is C16H15N3O2. The third kappa shape index (κ3) is 4.13. The van der Waals surface area contributed by atoms with Gasteiger partial charge in [0.1, 0.15) is 12.4 Å². The van der Waals surface area contributed by atoms with E-state index in [1.807, 2.05) is 19.9 Å². The third-order valence-electron chi connectivity index (χ3n) is 2.65. The Morgan fingerprint density at radius 1 is 1.29 bits per heavy atom. The van der Waals surface area contributed by atoms with Gasteiger partial charge in [0, 0.05) is 23.7 Å². The molecule has 0 atom stereocenters. The maximum absolute atomic E-state index is 12.2. The number of anilines is 1. The second-order valence-electron chi connectivity index (χ2n) is 4.55. The molecular weight excluding hydrogens is 266 g/mol. The Labute approximate surface area is 123 Å². The van der Waals surface area contributed by atoms with Gasteiger partial charge in [-0.1, -0.05) is 11.8 Å². The molecule has 1 amide bonds. The van der Waals surface area contributed by atoms with Crippen molar-refractivity contribution in [2.45, 2.75) is 13.8 Å². The number of carbonyl (C=O) groups is 1. The van der Waals surface area contributed by atoms with Crippen LogP contribution in [0.2, 0.25) is 0 Å². The summed E-state index contributed by atoms with van der Waals surface area (Å²) in [5, 5.41) is 11.4. The molecule has 0 radical (unpaired) electrons. The first kappa shape index (κ1) is 14.7. The molecule has 0 aliphatic rings. The van der Waals surface area contributed by atoms with Crippen molar-refractivity contribution < 1.29 is 9.90 Å². The molecule has 2 aromatic rings. The average Bonchev–Trinajstić information content (AvgIpc) is 2.44. The Hall–Kier alpha value is -2.71. The molecule has 2 N–H and O–H groups in total. The molecule has 0 saturated carbocycles. The van der Waals surface area contributed by atoms with Gasteiger partial charge in [-0.2, -0.15) is 0 Å². The lowest BCUT2D eigenvalue weighted by Crippen LogP contribution is -2.14. The fraction of sp³-hybridized carbons (Fsp3) is 0.188. The second-order valence-corrected chi connectivity index (χ2v) is 4.55. The molecule has 0 aliphatic carbocycles. The topological polar surface area (TPSA) is 75.1 Å². The standard InChI is InChI=1S/C16H15N3O2/c1-11-6-12(2)18-15(7-11)19-16(21)14-8-13(4-3-5-20)9-17-10-14/h6-10,20H,5H2,1-2H3,(H,18,19,21). The first-order valence-corrected chi connectivity index (χ1v) is 6.40. The quantitative estimate of drug-likeness (QED) is 0.821. The summed E-state index contributed by atoms with van der Waals surface area (Å²) < 4.78 is 0. The molecule has 0 aliphatic heterocycles. The van der Waals surface area contributed by atoms with Crippen LogP contribution in [0.15, 0.2) is 30.6 Å². The summed E-state index contributed by atoms with van der Waals surface area (Å²) in [5.74, 6) is 5.44. The van der Waals surface area contributed by atoms with Crippen molar-refractivity contribution in [3.63, 3.8) is 0 Å². The van der Waals surface area contributed by atoms with E-state index in [0.29, 0.717) is 16.9 Å². The van der Waals surface area contributed by atoms with Gasteiger partial charge in [-0.25, -0.2) is 4.98 Å². The second kappa shape index (κ2) is 6.64. The predicted molar refractivity (Wildman–Crippen MR) is 79.9 cm³/mol. The lowest BCUT2D eigenvalue weighted by molar-refractivity contribution is 0.102. The van der Waals surface area contributed by atoms with E-state index in [9.17, 15) is 4.79 Å². The van der Waals surface area contributed by atoms with Crippen LogP contribution < -0.4 is 5.32 Å². The van der Waals surface area contributed by atoms with E-state index in [0.717, 1.165) is 11.3 Å². The van der Waals surface area contributed by atoms with Crippen LogP contribution in [-0.2, 0) is 0 Å². The number of carbonyl (C=O) groups excluding carboxylic acids is 1. The van der Waals surface area contributed by atoms with Crippen molar-refractivity contribution >= 4 is 11.7 Å². The zero-order valence-corrected chi connectivity index (χ0v) is 11.8. The Kier molecular flexibility index (Phi) is 4.64. The van der Waals surface area contributed by atoms with Gasteiger partial charge in [0.15, 0.2) is 0 Å². The van der Waals surface area contributed by atoms with Gasteiger partial charge < -0.3 is 10.4 Å². The van der Waals surface area contributed by atoms with Crippen LogP contribution in [-0.4, -0.2) is 27.6 Å². The SMILES string of the molecule is Cc1cc(C)nc(NC(=O)c2cncc(C#CCO)c2)c1. The average molecular weight is 281 g/mol. The summed E-state index contributed by atoms with van der Waals surface area (Å²) in [6.45, 7) is 3.58. The lowest BCUT2D eigenvalue weighted by Gasteiger charge is -2.06. The number of aryl methyl sites for hydroxylation is 2. The molecule has 0 fully saturated rings. The minimum Gasteiger partial charge on any atom is -0.384 e. The first-order chi connectivity index (χ1) is 10.1. The molecule has 2 aromatic heterocycles. The number of nitrogens with one attached hydrogen (secondary N) is 1. The van der Waals surface area contributed by atoms with E-state index >= 15 is 0 Å². The third-order valence-corrected chi connectivity index (χ3v) is 2.65. The van der Waals surface area contributed by atoms with E-state index in [1.54, 1.807) is 12.1 Å². The van der Waals surface area contributed by atoms with Gasteiger partial charge in [-0.3, -0.25) is 9.78 Å². The van der Waals surface area contributed by atoms with E-state index in [1.165, 1.54) is 12.4 Å². The fourth-order valence-electron chi connectivity index (χ4n) is 1.87. The highest BCUT2D eigenvalue weighted by molar-refractivity contribution is 6.03. The number of aliphatic hydroxyl groups excluding tert-OH is 1. The largest absolute Gasteiger partial charge is 0.384 e. The number of hydrogen-bond acceptors (Lipinski definition) is 4. The van der Waals surface area contributed by atoms with Gasteiger partial charge in [-0.15, -0.1) is 0 Å². The van der Waals surface area contributed by atoms with Crippen molar-refractivity contribution in [1.82, 2.24) is 9.97 Å². The molecule has 0 saturated heterocycles. The highest BCUT2D eigenvalue weighted by atomic mass is 16.2. The van der Waals surface area contributed by atoms with E-state index in [4.69, 9.17) is 5.11 Å². The van der Waals surface area contributed by atoms with Gasteiger partial charge in [0.2, 0.25) is 0 Å². The summed E-state index contributed by atoms with van der Waals surface area (Å²) in [6.07, 6.45) is 3.00. The van der Waals surface area contributed by atoms with Crippen molar-refractivity contribution in [3.05, 3.63) is 53.0 Å². The zero-order chi connectivity index (χ0) is 15.2. The van der Waals surface area contributed by atoms with Crippen LogP contribution in [0, 0.1) is 25.7 Å².